The number of rotatable bonds is 5. The Morgan fingerprint density at radius 3 is 2.59 bits per heavy atom. The van der Waals surface area contributed by atoms with Gasteiger partial charge in [0.15, 0.2) is 0 Å². The van der Waals surface area contributed by atoms with Gasteiger partial charge in [-0.1, -0.05) is 40.9 Å². The molecule has 1 aliphatic rings. The molecule has 144 valence electrons. The van der Waals surface area contributed by atoms with Crippen LogP contribution in [0.2, 0.25) is 15.1 Å². The summed E-state index contributed by atoms with van der Waals surface area (Å²) in [4.78, 5) is 14.9. The number of ether oxygens (including phenoxy) is 1. The van der Waals surface area contributed by atoms with Crippen molar-refractivity contribution in [2.45, 2.75) is 19.4 Å². The molecule has 0 spiro atoms. The zero-order valence-corrected chi connectivity index (χ0v) is 17.2. The van der Waals surface area contributed by atoms with Crippen LogP contribution < -0.4 is 10.1 Å². The van der Waals surface area contributed by atoms with Gasteiger partial charge in [0.2, 0.25) is 5.91 Å². The molecule has 0 aliphatic carbocycles. The number of hydrogen-bond donors (Lipinski definition) is 1. The van der Waals surface area contributed by atoms with E-state index in [1.807, 2.05) is 18.2 Å². The molecule has 27 heavy (non-hydrogen) atoms. The maximum atomic E-state index is 12.7. The summed E-state index contributed by atoms with van der Waals surface area (Å²) in [5.41, 5.74) is 1.57. The molecule has 0 aromatic heterocycles. The Hall–Kier alpha value is -1.46. The summed E-state index contributed by atoms with van der Waals surface area (Å²) >= 11 is 18.7. The van der Waals surface area contributed by atoms with Crippen LogP contribution in [0.5, 0.6) is 5.75 Å². The molecule has 7 heteroatoms. The molecule has 1 atom stereocenters. The number of methoxy groups -OCH3 is 1. The van der Waals surface area contributed by atoms with E-state index in [1.54, 1.807) is 25.3 Å². The highest BCUT2D eigenvalue weighted by Crippen LogP contribution is 2.29. The summed E-state index contributed by atoms with van der Waals surface area (Å²) in [7, 11) is 1.56. The maximum absolute atomic E-state index is 12.7. The number of likely N-dealkylation sites (tertiary alicyclic amines) is 1. The number of amides is 1. The number of nitrogens with one attached hydrogen (secondary N) is 1. The van der Waals surface area contributed by atoms with E-state index in [0.717, 1.165) is 24.9 Å². The van der Waals surface area contributed by atoms with Crippen molar-refractivity contribution >= 4 is 46.4 Å². The second kappa shape index (κ2) is 9.16. The maximum Gasteiger partial charge on any atom is 0.228 e. The zero-order valence-electron chi connectivity index (χ0n) is 15.0. The van der Waals surface area contributed by atoms with E-state index in [-0.39, 0.29) is 11.8 Å². The molecule has 0 radical (unpaired) electrons. The number of hydrogen-bond acceptors (Lipinski definition) is 3. The monoisotopic (exact) mass is 426 g/mol. The number of anilines is 1. The summed E-state index contributed by atoms with van der Waals surface area (Å²) in [5.74, 6) is 0.474. The zero-order chi connectivity index (χ0) is 19.4. The number of nitrogens with zero attached hydrogens (tertiary/aromatic N) is 1. The molecule has 0 bridgehead atoms. The van der Waals surface area contributed by atoms with E-state index in [4.69, 9.17) is 39.5 Å². The molecule has 3 rings (SSSR count). The third kappa shape index (κ3) is 5.08. The van der Waals surface area contributed by atoms with Gasteiger partial charge in [0.25, 0.3) is 0 Å². The van der Waals surface area contributed by atoms with Crippen molar-refractivity contribution in [2.75, 3.05) is 25.5 Å². The first kappa shape index (κ1) is 20.3. The quantitative estimate of drug-likeness (QED) is 0.684. The van der Waals surface area contributed by atoms with E-state index in [2.05, 4.69) is 10.2 Å². The molecule has 1 aliphatic heterocycles. The Kier molecular flexibility index (Phi) is 6.88. The summed E-state index contributed by atoms with van der Waals surface area (Å²) in [5, 5.41) is 4.73. The van der Waals surface area contributed by atoms with Crippen LogP contribution in [0.1, 0.15) is 18.4 Å². The van der Waals surface area contributed by atoms with Gasteiger partial charge in [0, 0.05) is 34.4 Å². The molecule has 1 fully saturated rings. The lowest BCUT2D eigenvalue weighted by Gasteiger charge is -2.32. The summed E-state index contributed by atoms with van der Waals surface area (Å²) in [6.45, 7) is 2.22. The van der Waals surface area contributed by atoms with Gasteiger partial charge in [-0.15, -0.1) is 0 Å². The second-order valence-corrected chi connectivity index (χ2v) is 7.83. The van der Waals surface area contributed by atoms with Crippen molar-refractivity contribution in [1.29, 1.82) is 0 Å². The molecule has 0 unspecified atom stereocenters. The number of halogens is 3. The largest absolute Gasteiger partial charge is 0.495 e. The van der Waals surface area contributed by atoms with Gasteiger partial charge in [-0.05, 0) is 49.7 Å². The Bertz CT molecular complexity index is 809. The second-order valence-electron chi connectivity index (χ2n) is 6.61. The van der Waals surface area contributed by atoms with Crippen LogP contribution in [-0.4, -0.2) is 31.0 Å². The van der Waals surface area contributed by atoms with E-state index in [1.165, 1.54) is 0 Å². The van der Waals surface area contributed by atoms with E-state index < -0.39 is 0 Å². The van der Waals surface area contributed by atoms with Gasteiger partial charge < -0.3 is 10.1 Å². The highest BCUT2D eigenvalue weighted by Gasteiger charge is 2.26. The highest BCUT2D eigenvalue weighted by molar-refractivity contribution is 6.36. The van der Waals surface area contributed by atoms with Crippen molar-refractivity contribution in [2.24, 2.45) is 5.92 Å². The SMILES string of the molecule is COc1ccc(NC(=O)[C@@H]2CCCN(Cc3c(Cl)cccc3Cl)C2)cc1Cl. The third-order valence-corrected chi connectivity index (χ3v) is 5.74. The van der Waals surface area contributed by atoms with Crippen molar-refractivity contribution < 1.29 is 9.53 Å². The lowest BCUT2D eigenvalue weighted by molar-refractivity contribution is -0.121. The number of carbonyl (C=O) groups is 1. The standard InChI is InChI=1S/C20H21Cl3N2O2/c1-27-19-8-7-14(10-18(19)23)24-20(26)13-4-3-9-25(11-13)12-15-16(21)5-2-6-17(15)22/h2,5-8,10,13H,3-4,9,11-12H2,1H3,(H,24,26)/t13-/m1/s1. The first-order valence-electron chi connectivity index (χ1n) is 8.77. The smallest absolute Gasteiger partial charge is 0.228 e. The Morgan fingerprint density at radius 1 is 1.19 bits per heavy atom. The lowest BCUT2D eigenvalue weighted by Crippen LogP contribution is -2.40. The Morgan fingerprint density at radius 2 is 1.93 bits per heavy atom. The molecular weight excluding hydrogens is 407 g/mol. The topological polar surface area (TPSA) is 41.6 Å². The molecule has 1 saturated heterocycles. The first-order valence-corrected chi connectivity index (χ1v) is 9.91. The van der Waals surface area contributed by atoms with Gasteiger partial charge in [0.1, 0.15) is 5.75 Å². The fraction of sp³-hybridized carbons (Fsp3) is 0.350. The fourth-order valence-corrected chi connectivity index (χ4v) is 4.08. The molecule has 2 aromatic carbocycles. The molecule has 4 nitrogen and oxygen atoms in total. The highest BCUT2D eigenvalue weighted by atomic mass is 35.5. The summed E-state index contributed by atoms with van der Waals surface area (Å²) < 4.78 is 5.14. The molecule has 1 amide bonds. The van der Waals surface area contributed by atoms with Crippen LogP contribution in [-0.2, 0) is 11.3 Å². The molecular formula is C20H21Cl3N2O2. The fourth-order valence-electron chi connectivity index (χ4n) is 3.31. The number of piperidine rings is 1. The van der Waals surface area contributed by atoms with Crippen LogP contribution in [0.4, 0.5) is 5.69 Å². The minimum absolute atomic E-state index is 0.00816. The molecule has 0 saturated carbocycles. The van der Waals surface area contributed by atoms with Gasteiger partial charge in [0.05, 0.1) is 18.1 Å². The summed E-state index contributed by atoms with van der Waals surface area (Å²) in [6.07, 6.45) is 1.80. The van der Waals surface area contributed by atoms with E-state index >= 15 is 0 Å². The van der Waals surface area contributed by atoms with E-state index in [0.29, 0.717) is 39.6 Å². The predicted molar refractivity (Wildman–Crippen MR) is 111 cm³/mol. The van der Waals surface area contributed by atoms with Crippen LogP contribution >= 0.6 is 34.8 Å². The van der Waals surface area contributed by atoms with Crippen molar-refractivity contribution in [3.05, 3.63) is 57.0 Å². The molecule has 2 aromatic rings. The van der Waals surface area contributed by atoms with Gasteiger partial charge in [-0.2, -0.15) is 0 Å². The van der Waals surface area contributed by atoms with Gasteiger partial charge in [-0.25, -0.2) is 0 Å². The minimum atomic E-state index is -0.0964. The Labute approximate surface area is 174 Å². The predicted octanol–water partition coefficient (Wildman–Crippen LogP) is 5.51. The van der Waals surface area contributed by atoms with Crippen LogP contribution in [0.25, 0.3) is 0 Å². The van der Waals surface area contributed by atoms with Crippen LogP contribution in [0, 0.1) is 5.92 Å². The van der Waals surface area contributed by atoms with Crippen molar-refractivity contribution in [3.8, 4) is 5.75 Å². The van der Waals surface area contributed by atoms with E-state index in [9.17, 15) is 4.79 Å². The van der Waals surface area contributed by atoms with Gasteiger partial charge >= 0.3 is 0 Å². The lowest BCUT2D eigenvalue weighted by atomic mass is 9.96. The van der Waals surface area contributed by atoms with Crippen LogP contribution in [0.3, 0.4) is 0 Å². The first-order chi connectivity index (χ1) is 13.0. The summed E-state index contributed by atoms with van der Waals surface area (Å²) in [6, 6.07) is 10.7. The van der Waals surface area contributed by atoms with Crippen LogP contribution in [0.15, 0.2) is 36.4 Å². The third-order valence-electron chi connectivity index (χ3n) is 4.74. The normalized spacial score (nSPS) is 17.6. The number of benzene rings is 2. The Balaban J connectivity index is 1.63. The van der Waals surface area contributed by atoms with Gasteiger partial charge in [-0.3, -0.25) is 9.69 Å². The van der Waals surface area contributed by atoms with Crippen molar-refractivity contribution in [3.63, 3.8) is 0 Å². The molecule has 1 heterocycles. The molecule has 1 N–H and O–H groups in total. The average Bonchev–Trinajstić information content (AvgIpc) is 2.65. The number of carbonyl (C=O) groups excluding carboxylic acids is 1. The minimum Gasteiger partial charge on any atom is -0.495 e. The average molecular weight is 428 g/mol. The van der Waals surface area contributed by atoms with Crippen molar-refractivity contribution in [1.82, 2.24) is 4.90 Å².